The highest BCUT2D eigenvalue weighted by atomic mass is 35.5. The number of alkyl carbamates (subject to hydrolysis) is 1. The number of carbonyl (C=O) groups excluding carboxylic acids is 4. The van der Waals surface area contributed by atoms with Crippen LogP contribution in [0.15, 0.2) is 47.5 Å². The lowest BCUT2D eigenvalue weighted by Crippen LogP contribution is -2.32. The summed E-state index contributed by atoms with van der Waals surface area (Å²) >= 11 is 7.85. The highest BCUT2D eigenvalue weighted by molar-refractivity contribution is 7.15. The number of thiophene rings is 1. The zero-order valence-electron chi connectivity index (χ0n) is 31.2. The van der Waals surface area contributed by atoms with Crippen molar-refractivity contribution >= 4 is 52.5 Å². The van der Waals surface area contributed by atoms with Crippen LogP contribution in [-0.2, 0) is 14.3 Å². The summed E-state index contributed by atoms with van der Waals surface area (Å²) in [5.41, 5.74) is 3.79. The fraction of sp³-hybridized carbons (Fsp3) is 0.359. The lowest BCUT2D eigenvalue weighted by atomic mass is 9.99. The Hall–Kier alpha value is -5.52. The van der Waals surface area contributed by atoms with Crippen LogP contribution in [0.2, 0.25) is 5.02 Å². The van der Waals surface area contributed by atoms with E-state index in [1.807, 2.05) is 35.8 Å². The van der Waals surface area contributed by atoms with Gasteiger partial charge in [0.05, 0.1) is 31.4 Å². The van der Waals surface area contributed by atoms with E-state index in [0.717, 1.165) is 32.3 Å². The third-order valence-corrected chi connectivity index (χ3v) is 9.77. The van der Waals surface area contributed by atoms with Gasteiger partial charge in [-0.25, -0.2) is 9.59 Å². The van der Waals surface area contributed by atoms with Crippen molar-refractivity contribution in [2.45, 2.75) is 66.0 Å². The molecule has 15 heteroatoms. The number of aliphatic imine (C=N–C) groups is 1. The Balaban J connectivity index is 1.21. The quantitative estimate of drug-likeness (QED) is 0.104. The molecule has 0 saturated carbocycles. The largest absolute Gasteiger partial charge is 0.465 e. The number of benzene rings is 2. The Morgan fingerprint density at radius 3 is 2.41 bits per heavy atom. The molecule has 13 nitrogen and oxygen atoms in total. The summed E-state index contributed by atoms with van der Waals surface area (Å²) in [6.45, 7) is 11.8. The predicted molar refractivity (Wildman–Crippen MR) is 207 cm³/mol. The van der Waals surface area contributed by atoms with Crippen molar-refractivity contribution < 1.29 is 28.7 Å². The molecule has 0 radical (unpaired) electrons. The molecular formula is C39H42ClN7O6S. The van der Waals surface area contributed by atoms with Crippen molar-refractivity contribution in [2.24, 2.45) is 4.99 Å². The molecule has 0 fully saturated rings. The maximum Gasteiger partial charge on any atom is 0.408 e. The molecule has 0 aliphatic carbocycles. The van der Waals surface area contributed by atoms with E-state index in [-0.39, 0.29) is 48.0 Å². The number of aromatic nitrogens is 3. The minimum atomic E-state index is -0.660. The molecule has 2 aromatic carbocycles. The van der Waals surface area contributed by atoms with Crippen molar-refractivity contribution in [1.82, 2.24) is 30.7 Å². The van der Waals surface area contributed by atoms with Crippen LogP contribution in [0.4, 0.5) is 4.79 Å². The molecule has 3 N–H and O–H groups in total. The average Bonchev–Trinajstić information content (AvgIpc) is 3.60. The summed E-state index contributed by atoms with van der Waals surface area (Å²) in [7, 11) is 1.25. The first kappa shape index (κ1) is 39.7. The average molecular weight is 772 g/mol. The standard InChI is InChI=1S/C39H42ClN7O6S/c1-22-23(2)54-36-32(22)33(25-11-14-28(40)15-12-25)44-30(34-46-45-24(3)47(34)36)21-31(48)41-18-9-19-42-35(49)27-13-16-29(37(50)52-7)26(20-27)10-8-17-43-38(51)53-39(4,5)6/h11-16,20,30H,9,17-19,21H2,1-7H3,(H,41,48)(H,42,49)(H,43,51)/t30-/m0/s1. The molecule has 2 aromatic heterocycles. The van der Waals surface area contributed by atoms with E-state index in [1.165, 1.54) is 25.3 Å². The Morgan fingerprint density at radius 1 is 0.981 bits per heavy atom. The molecule has 4 aromatic rings. The molecule has 54 heavy (non-hydrogen) atoms. The fourth-order valence-corrected chi connectivity index (χ4v) is 6.99. The Kier molecular flexibility index (Phi) is 12.6. The molecule has 0 saturated heterocycles. The van der Waals surface area contributed by atoms with E-state index in [2.05, 4.69) is 51.8 Å². The smallest absolute Gasteiger partial charge is 0.408 e. The number of nitrogens with zero attached hydrogens (tertiary/aromatic N) is 4. The molecule has 0 unspecified atom stereocenters. The molecule has 5 rings (SSSR count). The summed E-state index contributed by atoms with van der Waals surface area (Å²) in [5, 5.41) is 18.7. The Morgan fingerprint density at radius 2 is 1.70 bits per heavy atom. The molecule has 1 atom stereocenters. The molecular weight excluding hydrogens is 730 g/mol. The van der Waals surface area contributed by atoms with Crippen LogP contribution in [0.5, 0.6) is 0 Å². The van der Waals surface area contributed by atoms with Crippen LogP contribution in [0.3, 0.4) is 0 Å². The maximum atomic E-state index is 13.3. The number of amides is 3. The van der Waals surface area contributed by atoms with Crippen LogP contribution < -0.4 is 16.0 Å². The zero-order valence-corrected chi connectivity index (χ0v) is 32.8. The SMILES string of the molecule is COC(=O)c1ccc(C(=O)NCCCNC(=O)C[C@@H]2N=C(c3ccc(Cl)cc3)c3c(sc(C)c3C)-n3c(C)nnc32)cc1C#CCNC(=O)OC(C)(C)C. The second-order valence-corrected chi connectivity index (χ2v) is 15.1. The first-order valence-electron chi connectivity index (χ1n) is 17.3. The van der Waals surface area contributed by atoms with Gasteiger partial charge in [0, 0.05) is 45.2 Å². The fourth-order valence-electron chi connectivity index (χ4n) is 5.65. The molecule has 3 heterocycles. The van der Waals surface area contributed by atoms with Crippen molar-refractivity contribution in [3.8, 4) is 16.8 Å². The second kappa shape index (κ2) is 17.1. The Labute approximate surface area is 322 Å². The van der Waals surface area contributed by atoms with Gasteiger partial charge in [-0.15, -0.1) is 21.5 Å². The zero-order chi connectivity index (χ0) is 39.2. The third kappa shape index (κ3) is 9.52. The lowest BCUT2D eigenvalue weighted by Gasteiger charge is -2.19. The van der Waals surface area contributed by atoms with Gasteiger partial charge in [0.15, 0.2) is 5.82 Å². The van der Waals surface area contributed by atoms with Crippen LogP contribution in [-0.4, -0.2) is 76.7 Å². The number of halogens is 1. The van der Waals surface area contributed by atoms with Crippen molar-refractivity contribution in [3.05, 3.63) is 97.4 Å². The van der Waals surface area contributed by atoms with Crippen molar-refractivity contribution in [2.75, 3.05) is 26.7 Å². The van der Waals surface area contributed by atoms with Gasteiger partial charge in [-0.05, 0) is 83.9 Å². The number of nitrogens with one attached hydrogen (secondary N) is 3. The van der Waals surface area contributed by atoms with Crippen molar-refractivity contribution in [1.29, 1.82) is 0 Å². The number of carbonyl (C=O) groups is 4. The monoisotopic (exact) mass is 771 g/mol. The van der Waals surface area contributed by atoms with E-state index >= 15 is 0 Å². The first-order valence-corrected chi connectivity index (χ1v) is 18.5. The van der Waals surface area contributed by atoms with Gasteiger partial charge < -0.3 is 25.4 Å². The lowest BCUT2D eigenvalue weighted by molar-refractivity contribution is -0.121. The number of esters is 1. The number of aryl methyl sites for hydroxylation is 2. The number of hydrogen-bond acceptors (Lipinski definition) is 10. The highest BCUT2D eigenvalue weighted by Crippen LogP contribution is 2.39. The van der Waals surface area contributed by atoms with Gasteiger partial charge in [0.1, 0.15) is 22.5 Å². The van der Waals surface area contributed by atoms with E-state index < -0.39 is 23.7 Å². The minimum absolute atomic E-state index is 0.0389. The van der Waals surface area contributed by atoms with Gasteiger partial charge in [0.25, 0.3) is 5.91 Å². The number of hydrogen-bond donors (Lipinski definition) is 3. The molecule has 1 aliphatic rings. The van der Waals surface area contributed by atoms with E-state index in [4.69, 9.17) is 26.1 Å². The van der Waals surface area contributed by atoms with Crippen LogP contribution in [0.1, 0.15) is 99.2 Å². The minimum Gasteiger partial charge on any atom is -0.465 e. The normalized spacial score (nSPS) is 13.3. The van der Waals surface area contributed by atoms with E-state index in [9.17, 15) is 19.2 Å². The molecule has 1 aliphatic heterocycles. The molecule has 0 bridgehead atoms. The maximum absolute atomic E-state index is 13.3. The topological polar surface area (TPSA) is 166 Å². The van der Waals surface area contributed by atoms with Crippen LogP contribution in [0.25, 0.3) is 5.00 Å². The number of methoxy groups -OCH3 is 1. The first-order chi connectivity index (χ1) is 25.7. The summed E-state index contributed by atoms with van der Waals surface area (Å²) < 4.78 is 12.1. The highest BCUT2D eigenvalue weighted by Gasteiger charge is 2.32. The number of rotatable bonds is 10. The predicted octanol–water partition coefficient (Wildman–Crippen LogP) is 5.79. The number of ether oxygens (including phenoxy) is 2. The van der Waals surface area contributed by atoms with E-state index in [0.29, 0.717) is 29.6 Å². The van der Waals surface area contributed by atoms with Gasteiger partial charge in [-0.2, -0.15) is 0 Å². The summed E-state index contributed by atoms with van der Waals surface area (Å²) in [6, 6.07) is 11.3. The number of fused-ring (bicyclic) bond motifs is 3. The van der Waals surface area contributed by atoms with Gasteiger partial charge in [0.2, 0.25) is 5.91 Å². The van der Waals surface area contributed by atoms with Crippen molar-refractivity contribution in [3.63, 3.8) is 0 Å². The van der Waals surface area contributed by atoms with Crippen LogP contribution >= 0.6 is 22.9 Å². The summed E-state index contributed by atoms with van der Waals surface area (Å²) in [6.07, 6.45) is -0.133. The summed E-state index contributed by atoms with van der Waals surface area (Å²) in [5.74, 6) is 5.66. The Bertz CT molecular complexity index is 2170. The van der Waals surface area contributed by atoms with Crippen LogP contribution in [0, 0.1) is 32.6 Å². The van der Waals surface area contributed by atoms with Gasteiger partial charge in [-0.3, -0.25) is 19.1 Å². The molecule has 0 spiro atoms. The molecule has 3 amide bonds. The van der Waals surface area contributed by atoms with E-state index in [1.54, 1.807) is 32.1 Å². The molecule has 282 valence electrons. The summed E-state index contributed by atoms with van der Waals surface area (Å²) in [4.78, 5) is 56.9. The van der Waals surface area contributed by atoms with Gasteiger partial charge >= 0.3 is 12.1 Å². The van der Waals surface area contributed by atoms with Gasteiger partial charge in [-0.1, -0.05) is 35.6 Å². The second-order valence-electron chi connectivity index (χ2n) is 13.5. The third-order valence-electron chi connectivity index (χ3n) is 8.33.